The van der Waals surface area contributed by atoms with E-state index >= 15 is 0 Å². The molecule has 0 amide bonds. The van der Waals surface area contributed by atoms with Crippen LogP contribution in [-0.2, 0) is 6.42 Å². The summed E-state index contributed by atoms with van der Waals surface area (Å²) in [7, 11) is 1.65. The first-order valence-corrected chi connectivity index (χ1v) is 7.65. The maximum atomic E-state index is 6.60. The molecule has 1 heterocycles. The molecule has 2 aromatic carbocycles. The molecule has 0 fully saturated rings. The van der Waals surface area contributed by atoms with Gasteiger partial charge in [-0.1, -0.05) is 18.2 Å². The maximum Gasteiger partial charge on any atom is 0.133 e. The third-order valence-corrected chi connectivity index (χ3v) is 4.60. The van der Waals surface area contributed by atoms with Crippen molar-refractivity contribution in [3.63, 3.8) is 0 Å². The van der Waals surface area contributed by atoms with E-state index in [1.54, 1.807) is 7.11 Å². The van der Waals surface area contributed by atoms with E-state index in [4.69, 9.17) is 21.1 Å². The molecule has 0 radical (unpaired) electrons. The summed E-state index contributed by atoms with van der Waals surface area (Å²) in [5, 5.41) is -0.178. The Morgan fingerprint density at radius 1 is 1.20 bits per heavy atom. The van der Waals surface area contributed by atoms with Gasteiger partial charge in [-0.3, -0.25) is 0 Å². The van der Waals surface area contributed by atoms with E-state index < -0.39 is 0 Å². The van der Waals surface area contributed by atoms with Gasteiger partial charge in [0.25, 0.3) is 0 Å². The topological polar surface area (TPSA) is 18.5 Å². The van der Waals surface area contributed by atoms with Crippen LogP contribution in [0.5, 0.6) is 11.5 Å². The standard InChI is InChI=1S/C16H14BrClO2/c1-19-15-5-3-12(9-13(15)17)16(18)11-2-4-14-10(8-11)6-7-20-14/h2-5,8-9,16H,6-7H2,1H3. The highest BCUT2D eigenvalue weighted by Crippen LogP contribution is 2.36. The number of hydrogen-bond acceptors (Lipinski definition) is 2. The van der Waals surface area contributed by atoms with Gasteiger partial charge in [0.15, 0.2) is 0 Å². The van der Waals surface area contributed by atoms with Gasteiger partial charge < -0.3 is 9.47 Å². The van der Waals surface area contributed by atoms with E-state index in [2.05, 4.69) is 22.0 Å². The lowest BCUT2D eigenvalue weighted by molar-refractivity contribution is 0.357. The Balaban J connectivity index is 1.92. The molecule has 2 aromatic rings. The smallest absolute Gasteiger partial charge is 0.133 e. The molecular formula is C16H14BrClO2. The highest BCUT2D eigenvalue weighted by Gasteiger charge is 2.17. The van der Waals surface area contributed by atoms with E-state index in [1.165, 1.54) is 5.56 Å². The summed E-state index contributed by atoms with van der Waals surface area (Å²) >= 11 is 10.1. The molecule has 20 heavy (non-hydrogen) atoms. The lowest BCUT2D eigenvalue weighted by Crippen LogP contribution is -1.95. The fourth-order valence-corrected chi connectivity index (χ4v) is 3.23. The SMILES string of the molecule is COc1ccc(C(Cl)c2ccc3c(c2)CCO3)cc1Br. The summed E-state index contributed by atoms with van der Waals surface area (Å²) in [5.74, 6) is 1.79. The van der Waals surface area contributed by atoms with Crippen molar-refractivity contribution >= 4 is 27.5 Å². The minimum atomic E-state index is -0.178. The van der Waals surface area contributed by atoms with Gasteiger partial charge >= 0.3 is 0 Å². The van der Waals surface area contributed by atoms with E-state index in [-0.39, 0.29) is 5.38 Å². The second-order valence-corrected chi connectivity index (χ2v) is 6.01. The molecule has 0 saturated heterocycles. The number of rotatable bonds is 3. The third-order valence-electron chi connectivity index (χ3n) is 3.47. The normalized spacial score (nSPS) is 14.6. The van der Waals surface area contributed by atoms with Crippen LogP contribution in [0.4, 0.5) is 0 Å². The first-order valence-electron chi connectivity index (χ1n) is 6.42. The number of halogens is 2. The average Bonchev–Trinajstić information content (AvgIpc) is 2.93. The number of fused-ring (bicyclic) bond motifs is 1. The van der Waals surface area contributed by atoms with Crippen LogP contribution in [0.3, 0.4) is 0 Å². The fraction of sp³-hybridized carbons (Fsp3) is 0.250. The number of ether oxygens (including phenoxy) is 2. The summed E-state index contributed by atoms with van der Waals surface area (Å²) in [6, 6.07) is 12.1. The molecule has 2 nitrogen and oxygen atoms in total. The highest BCUT2D eigenvalue weighted by atomic mass is 79.9. The van der Waals surface area contributed by atoms with Crippen molar-refractivity contribution in [2.75, 3.05) is 13.7 Å². The van der Waals surface area contributed by atoms with Crippen LogP contribution >= 0.6 is 27.5 Å². The first kappa shape index (κ1) is 13.8. The summed E-state index contributed by atoms with van der Waals surface area (Å²) in [6.07, 6.45) is 0.957. The van der Waals surface area contributed by atoms with Crippen molar-refractivity contribution in [3.8, 4) is 11.5 Å². The number of methoxy groups -OCH3 is 1. The second kappa shape index (κ2) is 5.66. The Morgan fingerprint density at radius 2 is 1.95 bits per heavy atom. The van der Waals surface area contributed by atoms with Gasteiger partial charge in [-0.15, -0.1) is 11.6 Å². The predicted molar refractivity (Wildman–Crippen MR) is 84.0 cm³/mol. The van der Waals surface area contributed by atoms with Crippen molar-refractivity contribution in [1.29, 1.82) is 0 Å². The Kier molecular flexibility index (Phi) is 3.90. The molecule has 1 aliphatic rings. The Labute approximate surface area is 131 Å². The molecule has 4 heteroatoms. The first-order chi connectivity index (χ1) is 9.69. The van der Waals surface area contributed by atoms with Gasteiger partial charge in [0.2, 0.25) is 0 Å². The predicted octanol–water partition coefficient (Wildman–Crippen LogP) is 4.72. The minimum Gasteiger partial charge on any atom is -0.496 e. The van der Waals surface area contributed by atoms with Gasteiger partial charge in [-0.05, 0) is 50.8 Å². The minimum absolute atomic E-state index is 0.178. The molecular weight excluding hydrogens is 340 g/mol. The number of alkyl halides is 1. The van der Waals surface area contributed by atoms with Crippen LogP contribution in [0, 0.1) is 0 Å². The largest absolute Gasteiger partial charge is 0.496 e. The van der Waals surface area contributed by atoms with Gasteiger partial charge in [-0.2, -0.15) is 0 Å². The highest BCUT2D eigenvalue weighted by molar-refractivity contribution is 9.10. The monoisotopic (exact) mass is 352 g/mol. The molecule has 1 atom stereocenters. The molecule has 0 aromatic heterocycles. The lowest BCUT2D eigenvalue weighted by atomic mass is 10.0. The summed E-state index contributed by atoms with van der Waals surface area (Å²) in [4.78, 5) is 0. The van der Waals surface area contributed by atoms with Gasteiger partial charge in [0.05, 0.1) is 23.6 Å². The molecule has 3 rings (SSSR count). The van der Waals surface area contributed by atoms with Crippen LogP contribution in [0.1, 0.15) is 22.1 Å². The fourth-order valence-electron chi connectivity index (χ4n) is 2.40. The Bertz CT molecular complexity index is 642. The zero-order valence-corrected chi connectivity index (χ0v) is 13.4. The van der Waals surface area contributed by atoms with Crippen LogP contribution < -0.4 is 9.47 Å². The van der Waals surface area contributed by atoms with Crippen molar-refractivity contribution in [2.24, 2.45) is 0 Å². The Hall–Kier alpha value is -1.19. The van der Waals surface area contributed by atoms with Gasteiger partial charge in [-0.25, -0.2) is 0 Å². The molecule has 0 bridgehead atoms. The molecule has 1 aliphatic heterocycles. The van der Waals surface area contributed by atoms with E-state index in [0.29, 0.717) is 0 Å². The summed E-state index contributed by atoms with van der Waals surface area (Å²) < 4.78 is 11.7. The van der Waals surface area contributed by atoms with Gasteiger partial charge in [0, 0.05) is 6.42 Å². The molecule has 0 saturated carbocycles. The molecule has 0 aliphatic carbocycles. The lowest BCUT2D eigenvalue weighted by Gasteiger charge is -2.13. The van der Waals surface area contributed by atoms with Crippen LogP contribution in [-0.4, -0.2) is 13.7 Å². The summed E-state index contributed by atoms with van der Waals surface area (Å²) in [6.45, 7) is 0.764. The van der Waals surface area contributed by atoms with E-state index in [9.17, 15) is 0 Å². The molecule has 0 N–H and O–H groups in total. The number of hydrogen-bond donors (Lipinski definition) is 0. The van der Waals surface area contributed by atoms with Crippen LogP contribution in [0.25, 0.3) is 0 Å². The van der Waals surface area contributed by atoms with E-state index in [1.807, 2.05) is 30.3 Å². The second-order valence-electron chi connectivity index (χ2n) is 4.72. The summed E-state index contributed by atoms with van der Waals surface area (Å²) in [5.41, 5.74) is 3.37. The molecule has 104 valence electrons. The zero-order chi connectivity index (χ0) is 14.1. The van der Waals surface area contributed by atoms with Crippen LogP contribution in [0.2, 0.25) is 0 Å². The van der Waals surface area contributed by atoms with Crippen molar-refractivity contribution in [1.82, 2.24) is 0 Å². The average molecular weight is 354 g/mol. The quantitative estimate of drug-likeness (QED) is 0.743. The molecule has 1 unspecified atom stereocenters. The molecule has 0 spiro atoms. The Morgan fingerprint density at radius 3 is 2.70 bits per heavy atom. The number of benzene rings is 2. The van der Waals surface area contributed by atoms with Crippen molar-refractivity contribution < 1.29 is 9.47 Å². The zero-order valence-electron chi connectivity index (χ0n) is 11.0. The van der Waals surface area contributed by atoms with Crippen molar-refractivity contribution in [3.05, 3.63) is 57.6 Å². The van der Waals surface area contributed by atoms with E-state index in [0.717, 1.165) is 40.1 Å². The maximum absolute atomic E-state index is 6.60. The van der Waals surface area contributed by atoms with Crippen molar-refractivity contribution in [2.45, 2.75) is 11.8 Å². The third kappa shape index (κ3) is 2.52. The van der Waals surface area contributed by atoms with Crippen LogP contribution in [0.15, 0.2) is 40.9 Å². The van der Waals surface area contributed by atoms with Gasteiger partial charge in [0.1, 0.15) is 11.5 Å².